The first-order valence-corrected chi connectivity index (χ1v) is 14.3. The van der Waals surface area contributed by atoms with E-state index < -0.39 is 0 Å². The van der Waals surface area contributed by atoms with Crippen LogP contribution >= 0.6 is 0 Å². The number of methoxy groups -OCH3 is 2. The van der Waals surface area contributed by atoms with Crippen LogP contribution in [0.2, 0.25) is 0 Å². The van der Waals surface area contributed by atoms with Crippen molar-refractivity contribution in [1.82, 2.24) is 5.32 Å². The zero-order valence-electron chi connectivity index (χ0n) is 23.8. The van der Waals surface area contributed by atoms with E-state index in [4.69, 9.17) is 23.7 Å². The van der Waals surface area contributed by atoms with Crippen molar-refractivity contribution in [1.29, 1.82) is 0 Å². The number of nitrogens with zero attached hydrogens (tertiary/aromatic N) is 1. The molecule has 0 aromatic heterocycles. The highest BCUT2D eigenvalue weighted by Crippen LogP contribution is 2.35. The van der Waals surface area contributed by atoms with E-state index in [0.29, 0.717) is 33.0 Å². The van der Waals surface area contributed by atoms with Crippen molar-refractivity contribution in [3.8, 4) is 5.75 Å². The van der Waals surface area contributed by atoms with Crippen molar-refractivity contribution in [3.05, 3.63) is 59.2 Å². The third kappa shape index (κ3) is 8.90. The van der Waals surface area contributed by atoms with Gasteiger partial charge in [0.1, 0.15) is 12.4 Å². The molecule has 2 aromatic rings. The van der Waals surface area contributed by atoms with Gasteiger partial charge in [0, 0.05) is 45.9 Å². The molecule has 2 N–H and O–H groups in total. The lowest BCUT2D eigenvalue weighted by Crippen LogP contribution is -2.48. The Balaban J connectivity index is 1.42. The molecule has 8 nitrogen and oxygen atoms in total. The van der Waals surface area contributed by atoms with E-state index in [2.05, 4.69) is 52.7 Å². The zero-order chi connectivity index (χ0) is 27.5. The van der Waals surface area contributed by atoms with Crippen molar-refractivity contribution in [2.75, 3.05) is 65.2 Å². The molecule has 2 heterocycles. The normalized spacial score (nSPS) is 21.8. The van der Waals surface area contributed by atoms with Gasteiger partial charge in [0.15, 0.2) is 0 Å². The summed E-state index contributed by atoms with van der Waals surface area (Å²) in [5.41, 5.74) is 4.69. The van der Waals surface area contributed by atoms with Gasteiger partial charge in [0.05, 0.1) is 50.9 Å². The molecule has 4 rings (SSSR count). The second kappa shape index (κ2) is 15.6. The van der Waals surface area contributed by atoms with Gasteiger partial charge in [-0.15, -0.1) is 0 Å². The van der Waals surface area contributed by atoms with Crippen LogP contribution in [0.1, 0.15) is 48.8 Å². The van der Waals surface area contributed by atoms with Crippen molar-refractivity contribution in [2.24, 2.45) is 0 Å². The first-order chi connectivity index (χ1) is 19.1. The fourth-order valence-electron chi connectivity index (χ4n) is 5.52. The van der Waals surface area contributed by atoms with Gasteiger partial charge in [-0.05, 0) is 55.0 Å². The molecular weight excluding hydrogens is 496 g/mol. The molecule has 2 aliphatic rings. The van der Waals surface area contributed by atoms with Crippen LogP contribution in [0.15, 0.2) is 42.5 Å². The van der Waals surface area contributed by atoms with E-state index >= 15 is 0 Å². The van der Waals surface area contributed by atoms with Crippen molar-refractivity contribution in [2.45, 2.75) is 63.6 Å². The summed E-state index contributed by atoms with van der Waals surface area (Å²) >= 11 is 0. The monoisotopic (exact) mass is 542 g/mol. The average Bonchev–Trinajstić information content (AvgIpc) is 2.95. The Kier molecular flexibility index (Phi) is 11.9. The van der Waals surface area contributed by atoms with E-state index in [1.54, 1.807) is 14.2 Å². The summed E-state index contributed by atoms with van der Waals surface area (Å²) in [6.07, 6.45) is 2.33. The van der Waals surface area contributed by atoms with Crippen LogP contribution < -0.4 is 15.0 Å². The Morgan fingerprint density at radius 2 is 1.82 bits per heavy atom. The minimum atomic E-state index is -0.336. The number of ether oxygens (including phenoxy) is 5. The van der Waals surface area contributed by atoms with Crippen LogP contribution in [0.25, 0.3) is 0 Å². The fraction of sp³-hybridized carbons (Fsp3) is 0.613. The van der Waals surface area contributed by atoms with Crippen molar-refractivity contribution in [3.63, 3.8) is 0 Å². The van der Waals surface area contributed by atoms with E-state index in [9.17, 15) is 5.11 Å². The van der Waals surface area contributed by atoms with Gasteiger partial charge in [0.25, 0.3) is 0 Å². The van der Waals surface area contributed by atoms with Gasteiger partial charge in [0.2, 0.25) is 0 Å². The highest BCUT2D eigenvalue weighted by Gasteiger charge is 2.32. The molecule has 0 bridgehead atoms. The number of aliphatic hydroxyl groups excluding tert-OH is 1. The molecule has 0 radical (unpaired) electrons. The number of fused-ring (bicyclic) bond motifs is 1. The summed E-state index contributed by atoms with van der Waals surface area (Å²) in [4.78, 5) is 2.38. The maximum absolute atomic E-state index is 10.0. The molecule has 0 spiro atoms. The van der Waals surface area contributed by atoms with Gasteiger partial charge in [-0.25, -0.2) is 0 Å². The van der Waals surface area contributed by atoms with Gasteiger partial charge in [-0.2, -0.15) is 0 Å². The molecule has 0 aliphatic carbocycles. The molecular formula is C31H46N2O6. The lowest BCUT2D eigenvalue weighted by atomic mass is 9.82. The molecule has 8 heteroatoms. The van der Waals surface area contributed by atoms with Crippen LogP contribution in [0, 0.1) is 0 Å². The van der Waals surface area contributed by atoms with E-state index in [1.165, 1.54) is 5.56 Å². The summed E-state index contributed by atoms with van der Waals surface area (Å²) in [6.45, 7) is 8.19. The Hall–Kier alpha value is -2.20. The molecule has 1 unspecified atom stereocenters. The minimum absolute atomic E-state index is 0.0316. The molecule has 0 saturated carbocycles. The van der Waals surface area contributed by atoms with Gasteiger partial charge in [-0.1, -0.05) is 30.3 Å². The Labute approximate surface area is 233 Å². The molecule has 1 saturated heterocycles. The number of hydrogen-bond acceptors (Lipinski definition) is 8. The highest BCUT2D eigenvalue weighted by molar-refractivity contribution is 5.61. The number of hydrogen-bond donors (Lipinski definition) is 2. The first kappa shape index (κ1) is 29.8. The van der Waals surface area contributed by atoms with Crippen molar-refractivity contribution >= 4 is 5.69 Å². The van der Waals surface area contributed by atoms with Gasteiger partial charge in [-0.3, -0.25) is 0 Å². The number of anilines is 1. The highest BCUT2D eigenvalue weighted by atomic mass is 16.5. The summed E-state index contributed by atoms with van der Waals surface area (Å²) in [5.74, 6) is 1.18. The Bertz CT molecular complexity index is 986. The molecule has 4 atom stereocenters. The van der Waals surface area contributed by atoms with Crippen LogP contribution in [-0.2, 0) is 32.2 Å². The molecule has 1 fully saturated rings. The predicted molar refractivity (Wildman–Crippen MR) is 153 cm³/mol. The zero-order valence-corrected chi connectivity index (χ0v) is 23.8. The predicted octanol–water partition coefficient (Wildman–Crippen LogP) is 3.89. The first-order valence-electron chi connectivity index (χ1n) is 14.3. The average molecular weight is 543 g/mol. The summed E-state index contributed by atoms with van der Waals surface area (Å²) in [6, 6.07) is 15.3. The molecule has 2 aromatic carbocycles. The Morgan fingerprint density at radius 1 is 1.03 bits per heavy atom. The van der Waals surface area contributed by atoms with Crippen LogP contribution in [0.3, 0.4) is 0 Å². The molecule has 0 amide bonds. The summed E-state index contributed by atoms with van der Waals surface area (Å²) in [7, 11) is 3.43. The SMILES string of the molecule is COCCCN1CCOc2ccc(CO[C@H]3CN[C@@H](CC(C)O)C[C@@H]3c3ccc(COCCOC)cc3)cc21. The quantitative estimate of drug-likeness (QED) is 0.328. The van der Waals surface area contributed by atoms with E-state index in [0.717, 1.165) is 68.1 Å². The smallest absolute Gasteiger partial charge is 0.142 e. The third-order valence-electron chi connectivity index (χ3n) is 7.55. The van der Waals surface area contributed by atoms with Crippen molar-refractivity contribution < 1.29 is 28.8 Å². The number of nitrogens with one attached hydrogen (secondary N) is 1. The van der Waals surface area contributed by atoms with Gasteiger partial charge < -0.3 is 39.0 Å². The number of rotatable bonds is 15. The second-order valence-electron chi connectivity index (χ2n) is 10.7. The fourth-order valence-corrected chi connectivity index (χ4v) is 5.52. The molecule has 2 aliphatic heterocycles. The van der Waals surface area contributed by atoms with E-state index in [-0.39, 0.29) is 24.2 Å². The maximum Gasteiger partial charge on any atom is 0.142 e. The summed E-state index contributed by atoms with van der Waals surface area (Å²) < 4.78 is 28.5. The second-order valence-corrected chi connectivity index (χ2v) is 10.7. The number of aliphatic hydroxyl groups is 1. The lowest BCUT2D eigenvalue weighted by Gasteiger charge is -2.38. The topological polar surface area (TPSA) is 81.7 Å². The standard InChI is InChI=1S/C31H46N2O6/c1-23(34)17-27-19-28(26-8-5-24(6-9-26)21-37-16-15-36-3)31(20-32-27)39-22-25-7-10-30-29(18-25)33(12-14-38-30)11-4-13-35-2/h5-10,18,23,27-28,31-32,34H,4,11-17,19-22H2,1-3H3/t23?,27-,28+,31-/m0/s1. The van der Waals surface area contributed by atoms with Crippen LogP contribution in [0.5, 0.6) is 5.75 Å². The Morgan fingerprint density at radius 3 is 2.59 bits per heavy atom. The number of piperidine rings is 1. The van der Waals surface area contributed by atoms with Gasteiger partial charge >= 0.3 is 0 Å². The minimum Gasteiger partial charge on any atom is -0.490 e. The maximum atomic E-state index is 10.0. The third-order valence-corrected chi connectivity index (χ3v) is 7.55. The van der Waals surface area contributed by atoms with Crippen LogP contribution in [0.4, 0.5) is 5.69 Å². The summed E-state index contributed by atoms with van der Waals surface area (Å²) in [5, 5.41) is 13.6. The largest absolute Gasteiger partial charge is 0.490 e. The lowest BCUT2D eigenvalue weighted by molar-refractivity contribution is -0.000980. The molecule has 39 heavy (non-hydrogen) atoms. The van der Waals surface area contributed by atoms with E-state index in [1.807, 2.05) is 6.92 Å². The van der Waals surface area contributed by atoms with Crippen LogP contribution in [-0.4, -0.2) is 83.6 Å². The molecule has 216 valence electrons. The number of benzene rings is 2.